The van der Waals surface area contributed by atoms with Crippen LogP contribution in [-0.2, 0) is 6.18 Å². The molecule has 1 rings (SSSR count). The minimum absolute atomic E-state index is 0.0229. The Bertz CT molecular complexity index is 473. The molecule has 0 unspecified atom stereocenters. The fourth-order valence-electron chi connectivity index (χ4n) is 1.11. The van der Waals surface area contributed by atoms with Crippen molar-refractivity contribution in [2.75, 3.05) is 0 Å². The molecule has 0 aliphatic rings. The molecule has 0 amide bonds. The van der Waals surface area contributed by atoms with Crippen molar-refractivity contribution in [3.05, 3.63) is 28.8 Å². The Hall–Kier alpha value is -1.23. The topological polar surface area (TPSA) is 38.4 Å². The molecule has 0 saturated carbocycles. The van der Waals surface area contributed by atoms with E-state index in [0.717, 1.165) is 12.1 Å². The van der Waals surface area contributed by atoms with Crippen LogP contribution in [0.1, 0.15) is 26.3 Å². The van der Waals surface area contributed by atoms with Crippen LogP contribution in [0.3, 0.4) is 0 Å². The molecule has 0 heterocycles. The lowest BCUT2D eigenvalue weighted by Gasteiger charge is -2.17. The SMILES string of the molecule is CC(C)(C)C(N)=Nc1cc(Cl)cc(C(F)(F)F)c1. The maximum Gasteiger partial charge on any atom is 0.416 e. The van der Waals surface area contributed by atoms with E-state index in [1.54, 1.807) is 0 Å². The Labute approximate surface area is 109 Å². The van der Waals surface area contributed by atoms with Crippen LogP contribution < -0.4 is 5.73 Å². The molecule has 0 fully saturated rings. The number of amidine groups is 1. The number of hydrogen-bond acceptors (Lipinski definition) is 1. The second-order valence-corrected chi connectivity index (χ2v) is 5.38. The van der Waals surface area contributed by atoms with Crippen LogP contribution in [0.4, 0.5) is 18.9 Å². The number of hydrogen-bond donors (Lipinski definition) is 1. The van der Waals surface area contributed by atoms with Crippen LogP contribution in [-0.4, -0.2) is 5.84 Å². The number of rotatable bonds is 1. The summed E-state index contributed by atoms with van der Waals surface area (Å²) in [4.78, 5) is 3.98. The van der Waals surface area contributed by atoms with Gasteiger partial charge < -0.3 is 5.73 Å². The molecule has 1 aromatic rings. The van der Waals surface area contributed by atoms with Crippen LogP contribution in [0.2, 0.25) is 5.02 Å². The van der Waals surface area contributed by atoms with Crippen molar-refractivity contribution in [3.8, 4) is 0 Å². The number of nitrogens with two attached hydrogens (primary N) is 1. The molecule has 6 heteroatoms. The molecule has 0 aromatic heterocycles. The highest BCUT2D eigenvalue weighted by Gasteiger charge is 2.31. The third kappa shape index (κ3) is 3.91. The molecule has 0 spiro atoms. The van der Waals surface area contributed by atoms with Gasteiger partial charge in [-0.2, -0.15) is 13.2 Å². The van der Waals surface area contributed by atoms with E-state index in [1.807, 2.05) is 20.8 Å². The summed E-state index contributed by atoms with van der Waals surface area (Å²) in [6.45, 7) is 5.46. The van der Waals surface area contributed by atoms with Gasteiger partial charge in [-0.15, -0.1) is 0 Å². The van der Waals surface area contributed by atoms with E-state index in [-0.39, 0.29) is 16.5 Å². The lowest BCUT2D eigenvalue weighted by molar-refractivity contribution is -0.137. The van der Waals surface area contributed by atoms with E-state index >= 15 is 0 Å². The average Bonchev–Trinajstić information content (AvgIpc) is 2.13. The molecule has 0 aliphatic heterocycles. The normalized spacial score (nSPS) is 13.8. The maximum atomic E-state index is 12.6. The van der Waals surface area contributed by atoms with Crippen LogP contribution in [0.25, 0.3) is 0 Å². The lowest BCUT2D eigenvalue weighted by atomic mass is 9.95. The van der Waals surface area contributed by atoms with Crippen molar-refractivity contribution in [1.82, 2.24) is 0 Å². The second kappa shape index (κ2) is 4.80. The predicted molar refractivity (Wildman–Crippen MR) is 67.2 cm³/mol. The molecular weight excluding hydrogens is 265 g/mol. The fourth-order valence-corrected chi connectivity index (χ4v) is 1.34. The molecule has 0 saturated heterocycles. The van der Waals surface area contributed by atoms with Crippen molar-refractivity contribution in [2.45, 2.75) is 26.9 Å². The second-order valence-electron chi connectivity index (χ2n) is 4.94. The van der Waals surface area contributed by atoms with Gasteiger partial charge in [0.25, 0.3) is 0 Å². The fraction of sp³-hybridized carbons (Fsp3) is 0.417. The van der Waals surface area contributed by atoms with Gasteiger partial charge in [-0.25, -0.2) is 4.99 Å². The van der Waals surface area contributed by atoms with E-state index in [1.165, 1.54) is 6.07 Å². The van der Waals surface area contributed by atoms with Crippen LogP contribution in [0.5, 0.6) is 0 Å². The standard InChI is InChI=1S/C12H14ClF3N2/c1-11(2,3)10(17)18-9-5-7(12(14,15)16)4-8(13)6-9/h4-6H,1-3H3,(H2,17,18). The summed E-state index contributed by atoms with van der Waals surface area (Å²) in [5.41, 5.74) is 4.56. The third-order valence-corrected chi connectivity index (χ3v) is 2.45. The molecule has 2 N–H and O–H groups in total. The van der Waals surface area contributed by atoms with Gasteiger partial charge in [0.1, 0.15) is 5.84 Å². The lowest BCUT2D eigenvalue weighted by Crippen LogP contribution is -2.28. The number of nitrogens with zero attached hydrogens (tertiary/aromatic N) is 1. The highest BCUT2D eigenvalue weighted by molar-refractivity contribution is 6.30. The van der Waals surface area contributed by atoms with Gasteiger partial charge in [-0.1, -0.05) is 32.4 Å². The van der Waals surface area contributed by atoms with Gasteiger partial charge in [-0.3, -0.25) is 0 Å². The number of halogens is 4. The quantitative estimate of drug-likeness (QED) is 0.600. The van der Waals surface area contributed by atoms with E-state index in [0.29, 0.717) is 0 Å². The molecule has 0 radical (unpaired) electrons. The summed E-state index contributed by atoms with van der Waals surface area (Å²) in [5.74, 6) is 0.248. The average molecular weight is 279 g/mol. The van der Waals surface area contributed by atoms with Crippen molar-refractivity contribution >= 4 is 23.1 Å². The summed E-state index contributed by atoms with van der Waals surface area (Å²) in [6.07, 6.45) is -4.45. The molecule has 1 aromatic carbocycles. The van der Waals surface area contributed by atoms with Crippen LogP contribution in [0, 0.1) is 5.41 Å². The van der Waals surface area contributed by atoms with E-state index in [2.05, 4.69) is 4.99 Å². The van der Waals surface area contributed by atoms with E-state index in [4.69, 9.17) is 17.3 Å². The highest BCUT2D eigenvalue weighted by Crippen LogP contribution is 2.34. The van der Waals surface area contributed by atoms with Crippen LogP contribution >= 0.6 is 11.6 Å². The Morgan fingerprint density at radius 2 is 1.72 bits per heavy atom. The van der Waals surface area contributed by atoms with Gasteiger partial charge in [-0.05, 0) is 18.2 Å². The van der Waals surface area contributed by atoms with Gasteiger partial charge in [0, 0.05) is 10.4 Å². The smallest absolute Gasteiger partial charge is 0.387 e. The Kier molecular flexibility index (Phi) is 3.96. The minimum atomic E-state index is -4.45. The highest BCUT2D eigenvalue weighted by atomic mass is 35.5. The summed E-state index contributed by atoms with van der Waals surface area (Å²) in [7, 11) is 0. The zero-order chi connectivity index (χ0) is 14.1. The number of benzene rings is 1. The van der Waals surface area contributed by atoms with Crippen molar-refractivity contribution < 1.29 is 13.2 Å². The van der Waals surface area contributed by atoms with Gasteiger partial charge in [0.2, 0.25) is 0 Å². The molecule has 0 bridgehead atoms. The summed E-state index contributed by atoms with van der Waals surface area (Å²) in [5, 5.41) is -0.0229. The first-order chi connectivity index (χ1) is 8.00. The maximum absolute atomic E-state index is 12.6. The Morgan fingerprint density at radius 3 is 2.17 bits per heavy atom. The summed E-state index contributed by atoms with van der Waals surface area (Å²) < 4.78 is 37.7. The summed E-state index contributed by atoms with van der Waals surface area (Å²) in [6, 6.07) is 3.12. The molecular formula is C12H14ClF3N2. The molecule has 100 valence electrons. The number of aliphatic imine (C=N–C) groups is 1. The first-order valence-corrected chi connectivity index (χ1v) is 5.60. The third-order valence-electron chi connectivity index (χ3n) is 2.23. The predicted octanol–water partition coefficient (Wildman–Crippen LogP) is 4.39. The largest absolute Gasteiger partial charge is 0.416 e. The first-order valence-electron chi connectivity index (χ1n) is 5.22. The zero-order valence-electron chi connectivity index (χ0n) is 10.3. The Balaban J connectivity index is 3.24. The van der Waals surface area contributed by atoms with Gasteiger partial charge >= 0.3 is 6.18 Å². The zero-order valence-corrected chi connectivity index (χ0v) is 11.0. The number of alkyl halides is 3. The monoisotopic (exact) mass is 278 g/mol. The van der Waals surface area contributed by atoms with Crippen LogP contribution in [0.15, 0.2) is 23.2 Å². The minimum Gasteiger partial charge on any atom is -0.387 e. The first kappa shape index (κ1) is 14.8. The Morgan fingerprint density at radius 1 is 1.17 bits per heavy atom. The van der Waals surface area contributed by atoms with Crippen molar-refractivity contribution in [1.29, 1.82) is 0 Å². The van der Waals surface area contributed by atoms with Crippen molar-refractivity contribution in [2.24, 2.45) is 16.1 Å². The molecule has 2 nitrogen and oxygen atoms in total. The van der Waals surface area contributed by atoms with Crippen molar-refractivity contribution in [3.63, 3.8) is 0 Å². The summed E-state index contributed by atoms with van der Waals surface area (Å²) >= 11 is 5.64. The molecule has 18 heavy (non-hydrogen) atoms. The molecule has 0 atom stereocenters. The van der Waals surface area contributed by atoms with E-state index in [9.17, 15) is 13.2 Å². The van der Waals surface area contributed by atoms with Gasteiger partial charge in [0.15, 0.2) is 0 Å². The molecule has 0 aliphatic carbocycles. The van der Waals surface area contributed by atoms with Gasteiger partial charge in [0.05, 0.1) is 11.3 Å². The van der Waals surface area contributed by atoms with E-state index < -0.39 is 17.2 Å².